The number of nitrogens with zero attached hydrogens (tertiary/aromatic N) is 1. The molecule has 2 rings (SSSR count). The van der Waals surface area contributed by atoms with Crippen LogP contribution in [-0.4, -0.2) is 24.7 Å². The maximum atomic E-state index is 10.9. The highest BCUT2D eigenvalue weighted by Gasteiger charge is 2.29. The minimum absolute atomic E-state index is 0.101. The van der Waals surface area contributed by atoms with E-state index in [4.69, 9.17) is 5.11 Å². The van der Waals surface area contributed by atoms with Crippen LogP contribution in [0.3, 0.4) is 0 Å². The standard InChI is InChI=1S/C15H21NO2/c1-15(2,3)11-5-6-13-12(8-11)10(7-14(17)18)9-16(13)4/h5-6,8,10H,7,9H2,1-4H3,(H,17,18). The van der Waals surface area contributed by atoms with Crippen LogP contribution in [0.4, 0.5) is 5.69 Å². The van der Waals surface area contributed by atoms with Gasteiger partial charge in [-0.2, -0.15) is 0 Å². The van der Waals surface area contributed by atoms with Gasteiger partial charge in [0.05, 0.1) is 6.42 Å². The molecule has 1 aromatic rings. The first kappa shape index (κ1) is 12.9. The lowest BCUT2D eigenvalue weighted by molar-refractivity contribution is -0.137. The van der Waals surface area contributed by atoms with Gasteiger partial charge in [0.2, 0.25) is 0 Å². The summed E-state index contributed by atoms with van der Waals surface area (Å²) in [5.41, 5.74) is 3.73. The summed E-state index contributed by atoms with van der Waals surface area (Å²) in [5, 5.41) is 9.00. The Bertz CT molecular complexity index is 474. The summed E-state index contributed by atoms with van der Waals surface area (Å²) in [6.45, 7) is 7.34. The minimum Gasteiger partial charge on any atom is -0.481 e. The van der Waals surface area contributed by atoms with Crippen LogP contribution >= 0.6 is 0 Å². The molecule has 3 heteroatoms. The van der Waals surface area contributed by atoms with Crippen molar-refractivity contribution in [3.05, 3.63) is 29.3 Å². The number of likely N-dealkylation sites (N-methyl/N-ethyl adjacent to an activating group) is 1. The Morgan fingerprint density at radius 3 is 2.67 bits per heavy atom. The molecule has 0 fully saturated rings. The number of fused-ring (bicyclic) bond motifs is 1. The lowest BCUT2D eigenvalue weighted by atomic mass is 9.84. The van der Waals surface area contributed by atoms with Gasteiger partial charge in [-0.15, -0.1) is 0 Å². The Morgan fingerprint density at radius 2 is 2.11 bits per heavy atom. The molecule has 0 aliphatic carbocycles. The predicted octanol–water partition coefficient (Wildman–Crippen LogP) is 2.99. The van der Waals surface area contributed by atoms with Crippen molar-refractivity contribution < 1.29 is 9.90 Å². The largest absolute Gasteiger partial charge is 0.481 e. The number of carbonyl (C=O) groups is 1. The Labute approximate surface area is 108 Å². The number of rotatable bonds is 2. The molecule has 0 spiro atoms. The van der Waals surface area contributed by atoms with Crippen molar-refractivity contribution in [1.82, 2.24) is 0 Å². The van der Waals surface area contributed by atoms with Gasteiger partial charge in [0, 0.05) is 25.2 Å². The average molecular weight is 247 g/mol. The molecule has 1 N–H and O–H groups in total. The zero-order valence-electron chi connectivity index (χ0n) is 11.5. The van der Waals surface area contributed by atoms with Crippen LogP contribution in [-0.2, 0) is 10.2 Å². The van der Waals surface area contributed by atoms with Crippen molar-refractivity contribution in [2.75, 3.05) is 18.5 Å². The van der Waals surface area contributed by atoms with Crippen molar-refractivity contribution in [2.24, 2.45) is 0 Å². The van der Waals surface area contributed by atoms with Gasteiger partial charge < -0.3 is 10.0 Å². The van der Waals surface area contributed by atoms with Crippen LogP contribution in [0, 0.1) is 0 Å². The van der Waals surface area contributed by atoms with Crippen molar-refractivity contribution in [3.8, 4) is 0 Å². The number of carboxylic acids is 1. The van der Waals surface area contributed by atoms with Crippen LogP contribution in [0.2, 0.25) is 0 Å². The number of anilines is 1. The van der Waals surface area contributed by atoms with E-state index in [1.54, 1.807) is 0 Å². The highest BCUT2D eigenvalue weighted by atomic mass is 16.4. The molecule has 0 saturated heterocycles. The number of aliphatic carboxylic acids is 1. The molecule has 3 nitrogen and oxygen atoms in total. The highest BCUT2D eigenvalue weighted by Crippen LogP contribution is 2.39. The van der Waals surface area contributed by atoms with E-state index >= 15 is 0 Å². The summed E-state index contributed by atoms with van der Waals surface area (Å²) in [7, 11) is 2.03. The number of carboxylic acid groups (broad SMARTS) is 1. The van der Waals surface area contributed by atoms with E-state index in [2.05, 4.69) is 43.9 Å². The van der Waals surface area contributed by atoms with Gasteiger partial charge >= 0.3 is 5.97 Å². The van der Waals surface area contributed by atoms with E-state index in [9.17, 15) is 4.79 Å². The molecule has 0 saturated carbocycles. The second-order valence-electron chi connectivity index (χ2n) is 6.20. The molecule has 18 heavy (non-hydrogen) atoms. The summed E-state index contributed by atoms with van der Waals surface area (Å²) in [6, 6.07) is 6.46. The van der Waals surface area contributed by atoms with Gasteiger partial charge in [-0.05, 0) is 22.6 Å². The van der Waals surface area contributed by atoms with Crippen LogP contribution in [0.25, 0.3) is 0 Å². The number of benzene rings is 1. The van der Waals surface area contributed by atoms with Gasteiger partial charge in [-0.1, -0.05) is 32.9 Å². The fourth-order valence-electron chi connectivity index (χ4n) is 2.61. The third kappa shape index (κ3) is 2.35. The SMILES string of the molecule is CN1CC(CC(=O)O)c2cc(C(C)(C)C)ccc21. The lowest BCUT2D eigenvalue weighted by Crippen LogP contribution is -2.16. The Morgan fingerprint density at radius 1 is 1.44 bits per heavy atom. The van der Waals surface area contributed by atoms with E-state index in [0.29, 0.717) is 0 Å². The van der Waals surface area contributed by atoms with Crippen LogP contribution in [0.15, 0.2) is 18.2 Å². The maximum absolute atomic E-state index is 10.9. The third-order valence-electron chi connectivity index (χ3n) is 3.66. The molecular weight excluding hydrogens is 226 g/mol. The van der Waals surface area contributed by atoms with E-state index < -0.39 is 5.97 Å². The van der Waals surface area contributed by atoms with Crippen molar-refractivity contribution >= 4 is 11.7 Å². The molecule has 1 heterocycles. The summed E-state index contributed by atoms with van der Waals surface area (Å²) in [4.78, 5) is 13.1. The Hall–Kier alpha value is -1.51. The number of hydrogen-bond acceptors (Lipinski definition) is 2. The summed E-state index contributed by atoms with van der Waals surface area (Å²) in [5.74, 6) is -0.604. The van der Waals surface area contributed by atoms with Crippen molar-refractivity contribution in [3.63, 3.8) is 0 Å². The van der Waals surface area contributed by atoms with Gasteiger partial charge in [0.15, 0.2) is 0 Å². The molecule has 1 aliphatic rings. The van der Waals surface area contributed by atoms with Gasteiger partial charge in [-0.3, -0.25) is 4.79 Å². The summed E-state index contributed by atoms with van der Waals surface area (Å²) < 4.78 is 0. The molecular formula is C15H21NO2. The van der Waals surface area contributed by atoms with Crippen molar-refractivity contribution in [1.29, 1.82) is 0 Å². The first-order chi connectivity index (χ1) is 8.29. The fraction of sp³-hybridized carbons (Fsp3) is 0.533. The third-order valence-corrected chi connectivity index (χ3v) is 3.66. The molecule has 1 atom stereocenters. The normalized spacial score (nSPS) is 18.9. The van der Waals surface area contributed by atoms with Gasteiger partial charge in [0.25, 0.3) is 0 Å². The molecule has 1 aromatic carbocycles. The monoisotopic (exact) mass is 247 g/mol. The number of hydrogen-bond donors (Lipinski definition) is 1. The van der Waals surface area contributed by atoms with Crippen LogP contribution < -0.4 is 4.90 Å². The Kier molecular flexibility index (Phi) is 3.09. The van der Waals surface area contributed by atoms with E-state index in [1.165, 1.54) is 16.8 Å². The zero-order valence-corrected chi connectivity index (χ0v) is 11.5. The zero-order chi connectivity index (χ0) is 13.5. The smallest absolute Gasteiger partial charge is 0.304 e. The molecule has 0 bridgehead atoms. The van der Waals surface area contributed by atoms with Gasteiger partial charge in [0.1, 0.15) is 0 Å². The summed E-state index contributed by atoms with van der Waals surface area (Å²) >= 11 is 0. The van der Waals surface area contributed by atoms with Gasteiger partial charge in [-0.25, -0.2) is 0 Å². The predicted molar refractivity (Wildman–Crippen MR) is 73.4 cm³/mol. The van der Waals surface area contributed by atoms with E-state index in [-0.39, 0.29) is 17.8 Å². The second kappa shape index (κ2) is 4.30. The topological polar surface area (TPSA) is 40.5 Å². The van der Waals surface area contributed by atoms with E-state index in [0.717, 1.165) is 6.54 Å². The van der Waals surface area contributed by atoms with Crippen LogP contribution in [0.5, 0.6) is 0 Å². The Balaban J connectivity index is 2.40. The minimum atomic E-state index is -0.720. The average Bonchev–Trinajstić information content (AvgIpc) is 2.53. The molecule has 1 unspecified atom stereocenters. The van der Waals surface area contributed by atoms with Crippen LogP contribution in [0.1, 0.15) is 44.2 Å². The molecule has 0 aromatic heterocycles. The highest BCUT2D eigenvalue weighted by molar-refractivity contribution is 5.71. The molecule has 98 valence electrons. The maximum Gasteiger partial charge on any atom is 0.304 e. The lowest BCUT2D eigenvalue weighted by Gasteiger charge is -2.21. The second-order valence-corrected chi connectivity index (χ2v) is 6.20. The first-order valence-corrected chi connectivity index (χ1v) is 6.36. The molecule has 0 radical (unpaired) electrons. The van der Waals surface area contributed by atoms with E-state index in [1.807, 2.05) is 7.05 Å². The quantitative estimate of drug-likeness (QED) is 0.873. The fourth-order valence-corrected chi connectivity index (χ4v) is 2.61. The molecule has 1 aliphatic heterocycles. The molecule has 0 amide bonds. The first-order valence-electron chi connectivity index (χ1n) is 6.36. The van der Waals surface area contributed by atoms with Crippen molar-refractivity contribution in [2.45, 2.75) is 38.5 Å². The summed E-state index contributed by atoms with van der Waals surface area (Å²) in [6.07, 6.45) is 0.213.